The van der Waals surface area contributed by atoms with Gasteiger partial charge in [-0.3, -0.25) is 0 Å². The fraction of sp³-hybridized carbons (Fsp3) is 0.235. The van der Waals surface area contributed by atoms with Crippen molar-refractivity contribution in [2.75, 3.05) is 0 Å². The van der Waals surface area contributed by atoms with E-state index in [-0.39, 0.29) is 11.7 Å². The molecule has 0 amide bonds. The molecule has 0 spiro atoms. The Morgan fingerprint density at radius 1 is 1.14 bits per heavy atom. The van der Waals surface area contributed by atoms with E-state index in [9.17, 15) is 15.0 Å². The van der Waals surface area contributed by atoms with Gasteiger partial charge in [0.25, 0.3) is 0 Å². The first kappa shape index (κ1) is 13.6. The van der Waals surface area contributed by atoms with E-state index in [1.54, 1.807) is 12.1 Å². The summed E-state index contributed by atoms with van der Waals surface area (Å²) in [6.45, 7) is 0. The Morgan fingerprint density at radius 3 is 2.62 bits per heavy atom. The molecule has 2 atom stereocenters. The highest BCUT2D eigenvalue weighted by atomic mass is 16.5. The number of carbonyl (C=O) groups is 1. The molecule has 3 rings (SSSR count). The monoisotopic (exact) mass is 284 g/mol. The molecule has 0 aliphatic carbocycles. The Morgan fingerprint density at radius 2 is 1.90 bits per heavy atom. The zero-order chi connectivity index (χ0) is 14.8. The fourth-order valence-electron chi connectivity index (χ4n) is 2.71. The highest BCUT2D eigenvalue weighted by Gasteiger charge is 2.30. The van der Waals surface area contributed by atoms with Crippen molar-refractivity contribution in [3.63, 3.8) is 0 Å². The number of aliphatic hydroxyl groups excluding tert-OH is 1. The third-order valence-electron chi connectivity index (χ3n) is 3.71. The molecule has 21 heavy (non-hydrogen) atoms. The molecule has 0 saturated carbocycles. The van der Waals surface area contributed by atoms with E-state index >= 15 is 0 Å². The molecular weight excluding hydrogens is 268 g/mol. The third-order valence-corrected chi connectivity index (χ3v) is 3.71. The van der Waals surface area contributed by atoms with Crippen LogP contribution >= 0.6 is 0 Å². The lowest BCUT2D eigenvalue weighted by molar-refractivity contribution is 0.0595. The Bertz CT molecular complexity index is 651. The molecule has 108 valence electrons. The lowest BCUT2D eigenvalue weighted by Crippen LogP contribution is -2.29. The molecule has 2 aromatic carbocycles. The molecule has 0 bridgehead atoms. The van der Waals surface area contributed by atoms with Crippen LogP contribution in [0.4, 0.5) is 0 Å². The van der Waals surface area contributed by atoms with E-state index < -0.39 is 12.1 Å². The van der Waals surface area contributed by atoms with Crippen LogP contribution in [0, 0.1) is 0 Å². The van der Waals surface area contributed by atoms with Crippen molar-refractivity contribution in [3.05, 3.63) is 65.2 Å². The van der Waals surface area contributed by atoms with Crippen LogP contribution in [0.15, 0.2) is 48.5 Å². The number of para-hydroxylation sites is 1. The summed E-state index contributed by atoms with van der Waals surface area (Å²) in [5.74, 6) is -0.746. The average molecular weight is 284 g/mol. The molecule has 1 heterocycles. The van der Waals surface area contributed by atoms with Crippen LogP contribution in [0.5, 0.6) is 5.75 Å². The zero-order valence-electron chi connectivity index (χ0n) is 11.4. The maximum absolute atomic E-state index is 11.3. The van der Waals surface area contributed by atoms with Gasteiger partial charge in [0.15, 0.2) is 0 Å². The maximum atomic E-state index is 11.3. The number of carboxylic acid groups (broad SMARTS) is 1. The van der Waals surface area contributed by atoms with E-state index in [1.165, 1.54) is 6.07 Å². The Labute approximate surface area is 122 Å². The number of hydrogen-bond donors (Lipinski definition) is 2. The first-order chi connectivity index (χ1) is 10.1. The average Bonchev–Trinajstić information content (AvgIpc) is 2.47. The van der Waals surface area contributed by atoms with Crippen LogP contribution < -0.4 is 4.74 Å². The maximum Gasteiger partial charge on any atom is 0.339 e. The summed E-state index contributed by atoms with van der Waals surface area (Å²) in [6, 6.07) is 14.7. The quantitative estimate of drug-likeness (QED) is 0.909. The number of aliphatic hydroxyl groups is 1. The van der Waals surface area contributed by atoms with Gasteiger partial charge in [-0.15, -0.1) is 0 Å². The lowest BCUT2D eigenvalue weighted by Gasteiger charge is -2.30. The predicted octanol–water partition coefficient (Wildman–Crippen LogP) is 2.81. The summed E-state index contributed by atoms with van der Waals surface area (Å²) in [4.78, 5) is 11.3. The van der Waals surface area contributed by atoms with Crippen LogP contribution in [0.3, 0.4) is 0 Å². The van der Waals surface area contributed by atoms with Crippen molar-refractivity contribution >= 4 is 5.97 Å². The van der Waals surface area contributed by atoms with Crippen LogP contribution in [-0.2, 0) is 6.42 Å². The third kappa shape index (κ3) is 2.76. The van der Waals surface area contributed by atoms with Gasteiger partial charge in [-0.05, 0) is 11.6 Å². The second kappa shape index (κ2) is 5.58. The summed E-state index contributed by atoms with van der Waals surface area (Å²) in [7, 11) is 0. The molecule has 1 aliphatic rings. The topological polar surface area (TPSA) is 66.8 Å². The Hall–Kier alpha value is -2.33. The molecule has 0 radical (unpaired) electrons. The molecular formula is C17H16O4. The van der Waals surface area contributed by atoms with Crippen LogP contribution in [-0.4, -0.2) is 22.3 Å². The van der Waals surface area contributed by atoms with Crippen molar-refractivity contribution in [3.8, 4) is 5.75 Å². The second-order valence-corrected chi connectivity index (χ2v) is 5.21. The van der Waals surface area contributed by atoms with Crippen molar-refractivity contribution < 1.29 is 19.7 Å². The van der Waals surface area contributed by atoms with Gasteiger partial charge >= 0.3 is 5.97 Å². The normalized spacial score (nSPS) is 20.4. The van der Waals surface area contributed by atoms with Crippen LogP contribution in [0.2, 0.25) is 0 Å². The molecule has 2 unspecified atom stereocenters. The predicted molar refractivity (Wildman–Crippen MR) is 77.5 cm³/mol. The second-order valence-electron chi connectivity index (χ2n) is 5.21. The van der Waals surface area contributed by atoms with Crippen molar-refractivity contribution in [2.45, 2.75) is 25.0 Å². The minimum atomic E-state index is -1.04. The number of fused-ring (bicyclic) bond motifs is 1. The van der Waals surface area contributed by atoms with Crippen LogP contribution in [0.25, 0.3) is 0 Å². The van der Waals surface area contributed by atoms with Gasteiger partial charge in [0, 0.05) is 18.4 Å². The number of aromatic carboxylic acids is 1. The van der Waals surface area contributed by atoms with E-state index in [2.05, 4.69) is 0 Å². The van der Waals surface area contributed by atoms with Gasteiger partial charge in [-0.1, -0.05) is 42.5 Å². The molecule has 1 aliphatic heterocycles. The Kier molecular flexibility index (Phi) is 3.62. The van der Waals surface area contributed by atoms with Gasteiger partial charge < -0.3 is 14.9 Å². The summed E-state index contributed by atoms with van der Waals surface area (Å²) in [5, 5.41) is 19.5. The Balaban J connectivity index is 1.89. The first-order valence-electron chi connectivity index (χ1n) is 6.90. The van der Waals surface area contributed by atoms with Gasteiger partial charge in [0.2, 0.25) is 0 Å². The van der Waals surface area contributed by atoms with Gasteiger partial charge in [0.1, 0.15) is 17.4 Å². The summed E-state index contributed by atoms with van der Waals surface area (Å²) >= 11 is 0. The summed E-state index contributed by atoms with van der Waals surface area (Å²) in [6.07, 6.45) is 0.188. The standard InChI is InChI=1S/C17H16O4/c18-15-10-12(9-11-5-2-1-3-6-11)21-16-13(15)7-4-8-14(16)17(19)20/h1-8,12,15,18H,9-10H2,(H,19,20). The van der Waals surface area contributed by atoms with E-state index in [0.29, 0.717) is 24.2 Å². The smallest absolute Gasteiger partial charge is 0.339 e. The minimum Gasteiger partial charge on any atom is -0.489 e. The molecule has 2 aromatic rings. The molecule has 2 N–H and O–H groups in total. The lowest BCUT2D eigenvalue weighted by atomic mass is 9.93. The summed E-state index contributed by atoms with van der Waals surface area (Å²) < 4.78 is 5.86. The van der Waals surface area contributed by atoms with Crippen molar-refractivity contribution in [2.24, 2.45) is 0 Å². The SMILES string of the molecule is O=C(O)c1cccc2c1OC(Cc1ccccc1)CC2O. The minimum absolute atomic E-state index is 0.101. The number of rotatable bonds is 3. The molecule has 0 fully saturated rings. The molecule has 0 saturated heterocycles. The van der Waals surface area contributed by atoms with E-state index in [1.807, 2.05) is 30.3 Å². The molecule has 0 aromatic heterocycles. The van der Waals surface area contributed by atoms with E-state index in [0.717, 1.165) is 5.56 Å². The van der Waals surface area contributed by atoms with Gasteiger partial charge in [-0.25, -0.2) is 4.79 Å². The molecule has 4 nitrogen and oxygen atoms in total. The van der Waals surface area contributed by atoms with E-state index in [4.69, 9.17) is 4.74 Å². The largest absolute Gasteiger partial charge is 0.489 e. The van der Waals surface area contributed by atoms with Crippen LogP contribution in [0.1, 0.15) is 34.0 Å². The first-order valence-corrected chi connectivity index (χ1v) is 6.90. The van der Waals surface area contributed by atoms with Crippen molar-refractivity contribution in [1.82, 2.24) is 0 Å². The van der Waals surface area contributed by atoms with Crippen molar-refractivity contribution in [1.29, 1.82) is 0 Å². The fourth-order valence-corrected chi connectivity index (χ4v) is 2.71. The zero-order valence-corrected chi connectivity index (χ0v) is 11.4. The number of benzene rings is 2. The highest BCUT2D eigenvalue weighted by Crippen LogP contribution is 2.38. The number of hydrogen-bond acceptors (Lipinski definition) is 3. The number of carboxylic acids is 1. The highest BCUT2D eigenvalue weighted by molar-refractivity contribution is 5.91. The van der Waals surface area contributed by atoms with Gasteiger partial charge in [-0.2, -0.15) is 0 Å². The van der Waals surface area contributed by atoms with Gasteiger partial charge in [0.05, 0.1) is 6.10 Å². The number of ether oxygens (including phenoxy) is 1. The summed E-state index contributed by atoms with van der Waals surface area (Å²) in [5.41, 5.74) is 1.76. The molecule has 4 heteroatoms.